The van der Waals surface area contributed by atoms with Gasteiger partial charge in [-0.1, -0.05) is 54.6 Å². The first-order valence-electron chi connectivity index (χ1n) is 7.05. The summed E-state index contributed by atoms with van der Waals surface area (Å²) in [5.41, 5.74) is -0.767. The second-order valence-corrected chi connectivity index (χ2v) is 8.23. The Labute approximate surface area is 147 Å². The molecule has 0 aliphatic heterocycles. The Balaban J connectivity index is 0.00000192. The molecule has 0 aliphatic carbocycles. The zero-order valence-electron chi connectivity index (χ0n) is 12.3. The first-order chi connectivity index (χ1) is 10.8. The van der Waals surface area contributed by atoms with Gasteiger partial charge in [0.1, 0.15) is 15.9 Å². The number of hydrogen-bond acceptors (Lipinski definition) is 1. The van der Waals surface area contributed by atoms with Crippen molar-refractivity contribution >= 4 is 28.9 Å². The van der Waals surface area contributed by atoms with Crippen LogP contribution in [0.3, 0.4) is 0 Å². The molecule has 0 saturated heterocycles. The summed E-state index contributed by atoms with van der Waals surface area (Å²) in [5.74, 6) is 0. The normalized spacial score (nSPS) is 10.6. The number of benzene rings is 3. The molecule has 0 aromatic heterocycles. The van der Waals surface area contributed by atoms with Crippen LogP contribution < -0.4 is 15.9 Å². The average molecular weight is 371 g/mol. The third-order valence-electron chi connectivity index (χ3n) is 3.72. The van der Waals surface area contributed by atoms with Crippen molar-refractivity contribution in [1.82, 2.24) is 0 Å². The van der Waals surface area contributed by atoms with Crippen molar-refractivity contribution in [1.29, 1.82) is 0 Å². The second kappa shape index (κ2) is 7.57. The Kier molecular flexibility index (Phi) is 5.74. The molecule has 0 aliphatic rings. The fraction of sp³-hybridized carbons (Fsp3) is 0. The van der Waals surface area contributed by atoms with E-state index in [-0.39, 0.29) is 17.1 Å². The van der Waals surface area contributed by atoms with Crippen LogP contribution in [0.4, 0.5) is 4.79 Å². The summed E-state index contributed by atoms with van der Waals surface area (Å²) in [7, 11) is -2.71. The molecular formula is C19H16CuO2P+. The third-order valence-corrected chi connectivity index (χ3v) is 7.51. The molecule has 119 valence electrons. The van der Waals surface area contributed by atoms with Crippen molar-refractivity contribution in [3.63, 3.8) is 0 Å². The fourth-order valence-corrected chi connectivity index (χ4v) is 6.15. The molecule has 0 bridgehead atoms. The predicted molar refractivity (Wildman–Crippen MR) is 93.2 cm³/mol. The molecule has 0 atom stereocenters. The van der Waals surface area contributed by atoms with Crippen LogP contribution in [0.5, 0.6) is 0 Å². The molecule has 2 nitrogen and oxygen atoms in total. The van der Waals surface area contributed by atoms with Gasteiger partial charge in [-0.05, 0) is 36.4 Å². The van der Waals surface area contributed by atoms with Crippen LogP contribution in [-0.4, -0.2) is 10.8 Å². The van der Waals surface area contributed by atoms with Crippen LogP contribution in [0.25, 0.3) is 0 Å². The number of carboxylic acid groups (broad SMARTS) is 1. The van der Waals surface area contributed by atoms with Gasteiger partial charge >= 0.3 is 5.71 Å². The zero-order chi connectivity index (χ0) is 15.4. The van der Waals surface area contributed by atoms with Gasteiger partial charge < -0.3 is 5.11 Å². The SMILES string of the molecule is O=C(O)[P+](c1ccccc1)(c1ccccc1)c1ccccc1.[Cu]. The van der Waals surface area contributed by atoms with Gasteiger partial charge in [-0.3, -0.25) is 0 Å². The van der Waals surface area contributed by atoms with Gasteiger partial charge in [0.25, 0.3) is 0 Å². The molecule has 3 aromatic carbocycles. The first kappa shape index (κ1) is 17.4. The van der Waals surface area contributed by atoms with Crippen LogP contribution >= 0.6 is 7.26 Å². The number of carbonyl (C=O) groups is 1. The van der Waals surface area contributed by atoms with Gasteiger partial charge in [-0.15, -0.1) is 0 Å². The smallest absolute Gasteiger partial charge is 0.451 e. The second-order valence-electron chi connectivity index (χ2n) is 4.96. The number of rotatable bonds is 4. The molecule has 3 rings (SSSR count). The van der Waals surface area contributed by atoms with E-state index in [1.807, 2.05) is 91.0 Å². The van der Waals surface area contributed by atoms with Gasteiger partial charge in [0.2, 0.25) is 7.26 Å². The maximum Gasteiger partial charge on any atom is 0.464 e. The molecule has 1 N–H and O–H groups in total. The molecule has 0 unspecified atom stereocenters. The Hall–Kier alpha value is -1.92. The topological polar surface area (TPSA) is 37.3 Å². The summed E-state index contributed by atoms with van der Waals surface area (Å²) in [6.07, 6.45) is 0. The van der Waals surface area contributed by atoms with Crippen molar-refractivity contribution in [3.05, 3.63) is 91.0 Å². The maximum absolute atomic E-state index is 12.5. The minimum atomic E-state index is -2.71. The monoisotopic (exact) mass is 370 g/mol. The molecule has 4 heteroatoms. The van der Waals surface area contributed by atoms with Crippen LogP contribution in [0.15, 0.2) is 91.0 Å². The van der Waals surface area contributed by atoms with E-state index < -0.39 is 13.0 Å². The van der Waals surface area contributed by atoms with E-state index in [0.29, 0.717) is 0 Å². The molecule has 3 aromatic rings. The molecule has 0 saturated carbocycles. The Morgan fingerprint density at radius 3 is 1.09 bits per heavy atom. The van der Waals surface area contributed by atoms with Crippen LogP contribution in [0.2, 0.25) is 0 Å². The average Bonchev–Trinajstić information content (AvgIpc) is 2.58. The quantitative estimate of drug-likeness (QED) is 0.562. The fourth-order valence-electron chi connectivity index (χ4n) is 2.73. The van der Waals surface area contributed by atoms with Gasteiger partial charge in [0, 0.05) is 17.1 Å². The maximum atomic E-state index is 12.5. The van der Waals surface area contributed by atoms with Gasteiger partial charge in [0.15, 0.2) is 0 Å². The van der Waals surface area contributed by atoms with E-state index >= 15 is 0 Å². The van der Waals surface area contributed by atoms with Crippen LogP contribution in [-0.2, 0) is 17.1 Å². The zero-order valence-corrected chi connectivity index (χ0v) is 14.1. The van der Waals surface area contributed by atoms with Crippen molar-refractivity contribution in [3.8, 4) is 0 Å². The molecule has 1 radical (unpaired) electrons. The van der Waals surface area contributed by atoms with Crippen molar-refractivity contribution in [2.45, 2.75) is 0 Å². The molecular weight excluding hydrogens is 355 g/mol. The van der Waals surface area contributed by atoms with Crippen molar-refractivity contribution in [2.24, 2.45) is 0 Å². The summed E-state index contributed by atoms with van der Waals surface area (Å²) < 4.78 is 0. The van der Waals surface area contributed by atoms with Gasteiger partial charge in [-0.25, -0.2) is 4.79 Å². The van der Waals surface area contributed by atoms with E-state index in [0.717, 1.165) is 15.9 Å². The Bertz CT molecular complexity index is 664. The molecule has 23 heavy (non-hydrogen) atoms. The van der Waals surface area contributed by atoms with Crippen molar-refractivity contribution in [2.75, 3.05) is 0 Å². The van der Waals surface area contributed by atoms with Crippen LogP contribution in [0.1, 0.15) is 0 Å². The summed E-state index contributed by atoms with van der Waals surface area (Å²) in [5, 5.41) is 12.8. The van der Waals surface area contributed by atoms with Crippen LogP contribution in [0, 0.1) is 0 Å². The van der Waals surface area contributed by atoms with Crippen molar-refractivity contribution < 1.29 is 27.0 Å². The third kappa shape index (κ3) is 3.09. The minimum absolute atomic E-state index is 0. The summed E-state index contributed by atoms with van der Waals surface area (Å²) in [4.78, 5) is 12.5. The summed E-state index contributed by atoms with van der Waals surface area (Å²) >= 11 is 0. The first-order valence-corrected chi connectivity index (χ1v) is 8.84. The van der Waals surface area contributed by atoms with E-state index in [1.165, 1.54) is 0 Å². The standard InChI is InChI=1S/C19H15O2P.Cu/c20-19(21)22(16-10-4-1-5-11-16,17-12-6-2-7-13-17)18-14-8-3-9-15-18;/h1-15H;/p+1. The molecule has 0 spiro atoms. The van der Waals surface area contributed by atoms with E-state index in [4.69, 9.17) is 0 Å². The summed E-state index contributed by atoms with van der Waals surface area (Å²) in [6.45, 7) is 0. The predicted octanol–water partition coefficient (Wildman–Crippen LogP) is 3.66. The molecule has 0 fully saturated rings. The number of hydrogen-bond donors (Lipinski definition) is 1. The Morgan fingerprint density at radius 1 is 0.609 bits per heavy atom. The van der Waals surface area contributed by atoms with E-state index in [1.54, 1.807) is 0 Å². The molecule has 0 heterocycles. The molecule has 0 amide bonds. The summed E-state index contributed by atoms with van der Waals surface area (Å²) in [6, 6.07) is 28.7. The Morgan fingerprint density at radius 2 is 0.870 bits per heavy atom. The van der Waals surface area contributed by atoms with E-state index in [2.05, 4.69) is 0 Å². The minimum Gasteiger partial charge on any atom is -0.451 e. The van der Waals surface area contributed by atoms with E-state index in [9.17, 15) is 9.90 Å². The largest absolute Gasteiger partial charge is 0.464 e. The van der Waals surface area contributed by atoms with Gasteiger partial charge in [0.05, 0.1) is 0 Å². The van der Waals surface area contributed by atoms with Gasteiger partial charge in [-0.2, -0.15) is 0 Å².